The molecule has 2 nitrogen and oxygen atoms in total. The molecule has 1 atom stereocenters. The smallest absolute Gasteiger partial charge is 0.162 e. The molecule has 0 aliphatic rings. The molecule has 1 aromatic rings. The van der Waals surface area contributed by atoms with E-state index in [0.29, 0.717) is 12.8 Å². The van der Waals surface area contributed by atoms with Gasteiger partial charge in [0.25, 0.3) is 0 Å². The summed E-state index contributed by atoms with van der Waals surface area (Å²) in [5.41, 5.74) is 5.63. The Balaban J connectivity index is 0.00000169. The summed E-state index contributed by atoms with van der Waals surface area (Å²) < 4.78 is 0. The molecule has 14 heavy (non-hydrogen) atoms. The van der Waals surface area contributed by atoms with Gasteiger partial charge in [0.05, 0.1) is 5.50 Å². The normalized spacial score (nSPS) is 11.6. The molecule has 0 aromatic heterocycles. The highest BCUT2D eigenvalue weighted by molar-refractivity contribution is 6.20. The Morgan fingerprint density at radius 1 is 1.36 bits per heavy atom. The van der Waals surface area contributed by atoms with Crippen LogP contribution in [0.5, 0.6) is 0 Å². The van der Waals surface area contributed by atoms with Crippen LogP contribution in [0.3, 0.4) is 0 Å². The van der Waals surface area contributed by atoms with Crippen LogP contribution < -0.4 is 5.73 Å². The minimum Gasteiger partial charge on any atom is -0.315 e. The van der Waals surface area contributed by atoms with Gasteiger partial charge >= 0.3 is 0 Å². The molecule has 0 radical (unpaired) electrons. The van der Waals surface area contributed by atoms with Crippen LogP contribution in [0.4, 0.5) is 0 Å². The van der Waals surface area contributed by atoms with Crippen molar-refractivity contribution in [3.63, 3.8) is 0 Å². The predicted octanol–water partition coefficient (Wildman–Crippen LogP) is 2.59. The number of rotatable bonds is 4. The third-order valence-corrected chi connectivity index (χ3v) is 1.96. The van der Waals surface area contributed by atoms with E-state index >= 15 is 0 Å². The highest BCUT2D eigenvalue weighted by Gasteiger charge is 2.06. The molecular formula is C10H13Cl2NO. The second-order valence-electron chi connectivity index (χ2n) is 2.84. The van der Waals surface area contributed by atoms with Crippen molar-refractivity contribution < 1.29 is 4.79 Å². The molecule has 0 spiro atoms. The van der Waals surface area contributed by atoms with E-state index in [2.05, 4.69) is 0 Å². The van der Waals surface area contributed by atoms with Gasteiger partial charge in [0.1, 0.15) is 0 Å². The zero-order valence-corrected chi connectivity index (χ0v) is 9.22. The molecule has 4 heteroatoms. The van der Waals surface area contributed by atoms with E-state index in [1.54, 1.807) is 12.1 Å². The minimum absolute atomic E-state index is 0. The molecule has 1 unspecified atom stereocenters. The fourth-order valence-corrected chi connectivity index (χ4v) is 1.15. The van der Waals surface area contributed by atoms with Gasteiger partial charge in [0.15, 0.2) is 5.78 Å². The molecule has 0 fully saturated rings. The van der Waals surface area contributed by atoms with Gasteiger partial charge in [-0.3, -0.25) is 4.79 Å². The summed E-state index contributed by atoms with van der Waals surface area (Å²) in [7, 11) is 0. The van der Waals surface area contributed by atoms with Gasteiger partial charge in [-0.2, -0.15) is 0 Å². The van der Waals surface area contributed by atoms with E-state index in [9.17, 15) is 4.79 Å². The van der Waals surface area contributed by atoms with Crippen molar-refractivity contribution in [2.75, 3.05) is 0 Å². The molecule has 1 rings (SSSR count). The molecule has 78 valence electrons. The van der Waals surface area contributed by atoms with E-state index in [1.807, 2.05) is 18.2 Å². The zero-order chi connectivity index (χ0) is 9.68. The molecule has 0 saturated heterocycles. The van der Waals surface area contributed by atoms with Crippen molar-refractivity contribution in [2.45, 2.75) is 18.3 Å². The van der Waals surface area contributed by atoms with Gasteiger partial charge in [-0.1, -0.05) is 30.3 Å². The van der Waals surface area contributed by atoms with Gasteiger partial charge in [-0.05, 0) is 6.42 Å². The maximum Gasteiger partial charge on any atom is 0.162 e. The fraction of sp³-hybridized carbons (Fsp3) is 0.300. The molecular weight excluding hydrogens is 221 g/mol. The van der Waals surface area contributed by atoms with E-state index in [0.717, 1.165) is 5.56 Å². The van der Waals surface area contributed by atoms with Crippen molar-refractivity contribution >= 4 is 29.8 Å². The van der Waals surface area contributed by atoms with E-state index in [1.165, 1.54) is 0 Å². The first-order chi connectivity index (χ1) is 6.20. The van der Waals surface area contributed by atoms with Gasteiger partial charge < -0.3 is 5.73 Å². The van der Waals surface area contributed by atoms with Crippen molar-refractivity contribution in [3.05, 3.63) is 35.9 Å². The van der Waals surface area contributed by atoms with Gasteiger partial charge in [-0.15, -0.1) is 24.0 Å². The molecule has 0 amide bonds. The highest BCUT2D eigenvalue weighted by atomic mass is 35.5. The average Bonchev–Trinajstić information content (AvgIpc) is 2.15. The monoisotopic (exact) mass is 233 g/mol. The number of hydrogen-bond donors (Lipinski definition) is 1. The number of halogens is 2. The Hall–Kier alpha value is -0.570. The summed E-state index contributed by atoms with van der Waals surface area (Å²) in [6.45, 7) is 0. The molecule has 1 aromatic carbocycles. The Bertz CT molecular complexity index is 275. The molecule has 0 aliphatic carbocycles. The van der Waals surface area contributed by atoms with Gasteiger partial charge in [0.2, 0.25) is 0 Å². The molecule has 0 bridgehead atoms. The van der Waals surface area contributed by atoms with Crippen molar-refractivity contribution in [1.29, 1.82) is 0 Å². The number of benzene rings is 1. The number of ketones is 1. The summed E-state index contributed by atoms with van der Waals surface area (Å²) in [5.74, 6) is 0.0942. The number of carbonyl (C=O) groups is 1. The highest BCUT2D eigenvalue weighted by Crippen LogP contribution is 2.07. The number of alkyl halides is 1. The lowest BCUT2D eigenvalue weighted by Crippen LogP contribution is -2.13. The summed E-state index contributed by atoms with van der Waals surface area (Å²) in [5, 5.41) is 0. The summed E-state index contributed by atoms with van der Waals surface area (Å²) in [6, 6.07) is 9.15. The van der Waals surface area contributed by atoms with Crippen molar-refractivity contribution in [1.82, 2.24) is 0 Å². The summed E-state index contributed by atoms with van der Waals surface area (Å²) >= 11 is 5.53. The van der Waals surface area contributed by atoms with E-state index in [4.69, 9.17) is 17.3 Å². The molecule has 0 aliphatic heterocycles. The molecule has 0 heterocycles. The lowest BCUT2D eigenvalue weighted by atomic mass is 10.1. The average molecular weight is 234 g/mol. The summed E-state index contributed by atoms with van der Waals surface area (Å²) in [6.07, 6.45) is 0.934. The summed E-state index contributed by atoms with van der Waals surface area (Å²) in [4.78, 5) is 11.4. The Morgan fingerprint density at radius 2 is 1.93 bits per heavy atom. The Kier molecular flexibility index (Phi) is 6.54. The van der Waals surface area contributed by atoms with Crippen molar-refractivity contribution in [2.24, 2.45) is 5.73 Å². The van der Waals surface area contributed by atoms with Crippen molar-refractivity contribution in [3.8, 4) is 0 Å². The topological polar surface area (TPSA) is 43.1 Å². The molecule has 2 N–H and O–H groups in total. The lowest BCUT2D eigenvalue weighted by molar-refractivity contribution is 0.0980. The number of carbonyl (C=O) groups excluding carboxylic acids is 1. The van der Waals surface area contributed by atoms with Crippen LogP contribution in [-0.2, 0) is 0 Å². The van der Waals surface area contributed by atoms with E-state index in [-0.39, 0.29) is 18.2 Å². The van der Waals surface area contributed by atoms with Crippen LogP contribution >= 0.6 is 24.0 Å². The van der Waals surface area contributed by atoms with Crippen LogP contribution in [0.2, 0.25) is 0 Å². The van der Waals surface area contributed by atoms with Gasteiger partial charge in [-0.25, -0.2) is 0 Å². The quantitative estimate of drug-likeness (QED) is 0.494. The van der Waals surface area contributed by atoms with Crippen LogP contribution in [0.25, 0.3) is 0 Å². The zero-order valence-electron chi connectivity index (χ0n) is 7.65. The minimum atomic E-state index is -0.423. The second-order valence-corrected chi connectivity index (χ2v) is 3.40. The molecule has 0 saturated carbocycles. The van der Waals surface area contributed by atoms with Gasteiger partial charge in [0, 0.05) is 12.0 Å². The first-order valence-electron chi connectivity index (χ1n) is 4.18. The van der Waals surface area contributed by atoms with Crippen LogP contribution in [-0.4, -0.2) is 11.3 Å². The van der Waals surface area contributed by atoms with Crippen LogP contribution in [0, 0.1) is 0 Å². The van der Waals surface area contributed by atoms with Crippen LogP contribution in [0.15, 0.2) is 30.3 Å². The largest absolute Gasteiger partial charge is 0.315 e. The SMILES string of the molecule is Cl.NC(Cl)CCC(=O)c1ccccc1. The second kappa shape index (κ2) is 6.82. The third-order valence-electron chi connectivity index (χ3n) is 1.74. The number of nitrogens with two attached hydrogens (primary N) is 1. The van der Waals surface area contributed by atoms with Crippen LogP contribution in [0.1, 0.15) is 23.2 Å². The number of hydrogen-bond acceptors (Lipinski definition) is 2. The third kappa shape index (κ3) is 4.61. The maximum absolute atomic E-state index is 11.4. The lowest BCUT2D eigenvalue weighted by Gasteiger charge is -2.02. The number of Topliss-reactive ketones (excluding diaryl/α,β-unsaturated/α-hetero) is 1. The first-order valence-corrected chi connectivity index (χ1v) is 4.61. The first kappa shape index (κ1) is 13.4. The maximum atomic E-state index is 11.4. The predicted molar refractivity (Wildman–Crippen MR) is 61.1 cm³/mol. The van der Waals surface area contributed by atoms with E-state index < -0.39 is 5.50 Å². The standard InChI is InChI=1S/C10H12ClNO.ClH/c11-10(12)7-6-9(13)8-4-2-1-3-5-8;/h1-5,10H,6-7,12H2;1H. The fourth-order valence-electron chi connectivity index (χ4n) is 1.04. The Morgan fingerprint density at radius 3 is 2.43 bits per heavy atom. The Labute approximate surface area is 94.8 Å².